The number of rotatable bonds is 5. The molecule has 168 valence electrons. The van der Waals surface area contributed by atoms with E-state index in [1.807, 2.05) is 64.5 Å². The van der Waals surface area contributed by atoms with Crippen LogP contribution in [0.25, 0.3) is 0 Å². The second kappa shape index (κ2) is 8.90. The van der Waals surface area contributed by atoms with Crippen molar-refractivity contribution in [2.75, 3.05) is 13.1 Å². The molecule has 5 rings (SSSR count). The lowest BCUT2D eigenvalue weighted by Crippen LogP contribution is -2.52. The predicted octanol–water partition coefficient (Wildman–Crippen LogP) is 3.02. The number of aliphatic imine (C=N–C) groups is 2. The number of ether oxygens (including phenoxy) is 1. The highest BCUT2D eigenvalue weighted by Crippen LogP contribution is 2.33. The topological polar surface area (TPSA) is 95.9 Å². The largest absolute Gasteiger partial charge is 0.457 e. The van der Waals surface area contributed by atoms with Crippen LogP contribution in [0.5, 0.6) is 11.5 Å². The maximum atomic E-state index is 12.2. The van der Waals surface area contributed by atoms with E-state index < -0.39 is 0 Å². The van der Waals surface area contributed by atoms with E-state index >= 15 is 0 Å². The number of amidine groups is 1. The van der Waals surface area contributed by atoms with E-state index in [-0.39, 0.29) is 24.0 Å². The van der Waals surface area contributed by atoms with Gasteiger partial charge in [-0.05, 0) is 60.9 Å². The van der Waals surface area contributed by atoms with Gasteiger partial charge in [0.05, 0.1) is 11.8 Å². The van der Waals surface area contributed by atoms with Crippen molar-refractivity contribution in [3.05, 3.63) is 72.8 Å². The lowest BCUT2D eigenvalue weighted by atomic mass is 9.92. The fourth-order valence-electron chi connectivity index (χ4n) is 4.59. The van der Waals surface area contributed by atoms with Gasteiger partial charge in [0, 0.05) is 13.1 Å². The molecule has 1 amide bonds. The van der Waals surface area contributed by atoms with E-state index in [4.69, 9.17) is 15.6 Å². The summed E-state index contributed by atoms with van der Waals surface area (Å²) in [7, 11) is 0. The van der Waals surface area contributed by atoms with Crippen LogP contribution in [0.1, 0.15) is 18.4 Å². The van der Waals surface area contributed by atoms with Crippen LogP contribution in [0, 0.1) is 5.92 Å². The van der Waals surface area contributed by atoms with Crippen molar-refractivity contribution in [3.8, 4) is 11.5 Å². The first-order valence-corrected chi connectivity index (χ1v) is 11.1. The third-order valence-corrected chi connectivity index (χ3v) is 6.22. The summed E-state index contributed by atoms with van der Waals surface area (Å²) in [5.74, 6) is 1.73. The number of benzene rings is 2. The molecule has 3 heterocycles. The Kier molecular flexibility index (Phi) is 5.64. The van der Waals surface area contributed by atoms with Gasteiger partial charge in [0.1, 0.15) is 29.6 Å². The van der Waals surface area contributed by atoms with Gasteiger partial charge in [-0.1, -0.05) is 24.8 Å². The fourth-order valence-corrected chi connectivity index (χ4v) is 4.59. The monoisotopic (exact) mass is 442 g/mol. The number of hydrazone groups is 1. The van der Waals surface area contributed by atoms with Crippen molar-refractivity contribution in [3.63, 3.8) is 0 Å². The fraction of sp³-hybridized carbons (Fsp3) is 0.280. The molecule has 0 spiro atoms. The van der Waals surface area contributed by atoms with Crippen molar-refractivity contribution >= 4 is 23.8 Å². The van der Waals surface area contributed by atoms with E-state index in [1.165, 1.54) is 12.4 Å². The Morgan fingerprint density at radius 1 is 1.12 bits per heavy atom. The quantitative estimate of drug-likeness (QED) is 0.720. The van der Waals surface area contributed by atoms with E-state index in [0.717, 1.165) is 42.2 Å². The van der Waals surface area contributed by atoms with Crippen LogP contribution >= 0.6 is 0 Å². The lowest BCUT2D eigenvalue weighted by molar-refractivity contribution is -0.128. The van der Waals surface area contributed by atoms with Crippen LogP contribution in [-0.2, 0) is 4.79 Å². The molecule has 3 unspecified atom stereocenters. The maximum Gasteiger partial charge on any atom is 0.246 e. The first-order chi connectivity index (χ1) is 16.1. The zero-order valence-corrected chi connectivity index (χ0v) is 18.2. The van der Waals surface area contributed by atoms with Crippen molar-refractivity contribution < 1.29 is 9.53 Å². The zero-order chi connectivity index (χ0) is 22.8. The van der Waals surface area contributed by atoms with Crippen LogP contribution in [0.3, 0.4) is 0 Å². The molecule has 3 atom stereocenters. The number of piperidine rings is 1. The van der Waals surface area contributed by atoms with Crippen LogP contribution in [0.4, 0.5) is 0 Å². The number of likely N-dealkylation sites (tertiary alicyclic amines) is 1. The van der Waals surface area contributed by atoms with Crippen LogP contribution < -0.4 is 10.5 Å². The maximum absolute atomic E-state index is 12.2. The lowest BCUT2D eigenvalue weighted by Gasteiger charge is -2.38. The Bertz CT molecular complexity index is 1130. The summed E-state index contributed by atoms with van der Waals surface area (Å²) in [5, 5.41) is 6.99. The smallest absolute Gasteiger partial charge is 0.246 e. The molecule has 0 aliphatic carbocycles. The standard InChI is InChI=1S/C25H26N6O2/c1-2-21(32)30-14-6-7-18(15-30)31-25-22(24(26)27-16-28-25)23(29-31)17-10-12-20(13-11-17)33-19-8-4-3-5-9-19/h2-5,8-13,16,18,22,25H,1,6-7,14-15H2,(H2,26,27,28). The molecule has 2 N–H and O–H groups in total. The second-order valence-corrected chi connectivity index (χ2v) is 8.30. The summed E-state index contributed by atoms with van der Waals surface area (Å²) in [6, 6.07) is 17.5. The Hall–Kier alpha value is -3.94. The predicted molar refractivity (Wildman–Crippen MR) is 129 cm³/mol. The van der Waals surface area contributed by atoms with Gasteiger partial charge in [0.15, 0.2) is 6.17 Å². The van der Waals surface area contributed by atoms with Gasteiger partial charge in [-0.3, -0.25) is 9.80 Å². The van der Waals surface area contributed by atoms with Crippen LogP contribution in [0.15, 0.2) is 82.3 Å². The third kappa shape index (κ3) is 4.11. The van der Waals surface area contributed by atoms with Gasteiger partial charge in [0.2, 0.25) is 5.91 Å². The first kappa shape index (κ1) is 20.9. The highest BCUT2D eigenvalue weighted by atomic mass is 16.5. The minimum absolute atomic E-state index is 0.0522. The van der Waals surface area contributed by atoms with Gasteiger partial charge in [0.25, 0.3) is 0 Å². The summed E-state index contributed by atoms with van der Waals surface area (Å²) in [6.07, 6.45) is 4.45. The zero-order valence-electron chi connectivity index (χ0n) is 18.2. The molecule has 3 aliphatic rings. The molecule has 0 saturated carbocycles. The van der Waals surface area contributed by atoms with Gasteiger partial charge >= 0.3 is 0 Å². The summed E-state index contributed by atoms with van der Waals surface area (Å²) >= 11 is 0. The average Bonchev–Trinajstić information content (AvgIpc) is 3.26. The normalized spacial score (nSPS) is 24.1. The van der Waals surface area contributed by atoms with E-state index in [1.54, 1.807) is 0 Å². The van der Waals surface area contributed by atoms with Crippen LogP contribution in [-0.4, -0.2) is 59.0 Å². The average molecular weight is 443 g/mol. The first-order valence-electron chi connectivity index (χ1n) is 11.1. The number of carbonyl (C=O) groups is 1. The number of para-hydroxylation sites is 1. The number of nitrogens with zero attached hydrogens (tertiary/aromatic N) is 5. The Labute approximate surface area is 192 Å². The molecule has 1 saturated heterocycles. The molecule has 2 aromatic carbocycles. The summed E-state index contributed by atoms with van der Waals surface area (Å²) < 4.78 is 5.92. The molecule has 8 heteroatoms. The molecule has 0 aromatic heterocycles. The SMILES string of the molecule is C=CC(=O)N1CCCC(N2N=C(c3ccc(Oc4ccccc4)cc3)C3C(N)=NC=NC32)C1. The number of amides is 1. The molecule has 1 fully saturated rings. The van der Waals surface area contributed by atoms with Crippen molar-refractivity contribution in [1.82, 2.24) is 9.91 Å². The van der Waals surface area contributed by atoms with E-state index in [2.05, 4.69) is 16.6 Å². The third-order valence-electron chi connectivity index (χ3n) is 6.22. The molecule has 33 heavy (non-hydrogen) atoms. The van der Waals surface area contributed by atoms with E-state index in [0.29, 0.717) is 12.4 Å². The summed E-state index contributed by atoms with van der Waals surface area (Å²) in [6.45, 7) is 4.94. The minimum atomic E-state index is -0.262. The van der Waals surface area contributed by atoms with Crippen molar-refractivity contribution in [1.29, 1.82) is 0 Å². The number of hydrogen-bond acceptors (Lipinski definition) is 7. The van der Waals surface area contributed by atoms with Gasteiger partial charge in [-0.2, -0.15) is 5.10 Å². The Morgan fingerprint density at radius 3 is 2.64 bits per heavy atom. The minimum Gasteiger partial charge on any atom is -0.457 e. The molecule has 3 aliphatic heterocycles. The van der Waals surface area contributed by atoms with Gasteiger partial charge < -0.3 is 15.4 Å². The van der Waals surface area contributed by atoms with E-state index in [9.17, 15) is 4.79 Å². The highest BCUT2D eigenvalue weighted by Gasteiger charge is 2.45. The molecule has 2 aromatic rings. The van der Waals surface area contributed by atoms with Crippen molar-refractivity contribution in [2.24, 2.45) is 26.7 Å². The van der Waals surface area contributed by atoms with Crippen molar-refractivity contribution in [2.45, 2.75) is 25.0 Å². The Balaban J connectivity index is 1.41. The van der Waals surface area contributed by atoms with Gasteiger partial charge in [-0.15, -0.1) is 0 Å². The number of carbonyl (C=O) groups excluding carboxylic acids is 1. The second-order valence-electron chi connectivity index (χ2n) is 8.30. The molecular weight excluding hydrogens is 416 g/mol. The molecular formula is C25H26N6O2. The summed E-state index contributed by atoms with van der Waals surface area (Å²) in [5.41, 5.74) is 8.09. The van der Waals surface area contributed by atoms with Gasteiger partial charge in [-0.25, -0.2) is 9.98 Å². The number of fused-ring (bicyclic) bond motifs is 1. The number of nitrogens with two attached hydrogens (primary N) is 1. The molecule has 8 nitrogen and oxygen atoms in total. The van der Waals surface area contributed by atoms with Crippen LogP contribution in [0.2, 0.25) is 0 Å². The summed E-state index contributed by atoms with van der Waals surface area (Å²) in [4.78, 5) is 22.9. The Morgan fingerprint density at radius 2 is 1.88 bits per heavy atom. The number of hydrogen-bond donors (Lipinski definition) is 1. The highest BCUT2D eigenvalue weighted by molar-refractivity contribution is 6.17. The molecule has 0 radical (unpaired) electrons. The molecule has 0 bridgehead atoms.